The van der Waals surface area contributed by atoms with Crippen molar-refractivity contribution in [1.29, 1.82) is 0 Å². The third-order valence-corrected chi connectivity index (χ3v) is 4.68. The molecule has 21 heavy (non-hydrogen) atoms. The van der Waals surface area contributed by atoms with Gasteiger partial charge >= 0.3 is 0 Å². The Morgan fingerprint density at radius 2 is 2.05 bits per heavy atom. The van der Waals surface area contributed by atoms with Gasteiger partial charge in [-0.05, 0) is 24.3 Å². The zero-order valence-corrected chi connectivity index (χ0v) is 13.0. The fraction of sp³-hybridized carbons (Fsp3) is 0.133. The molecule has 0 N–H and O–H groups in total. The Bertz CT molecular complexity index is 698. The molecule has 0 aliphatic rings. The highest BCUT2D eigenvalue weighted by Crippen LogP contribution is 2.28. The standard InChI is InChI=1S/C15H13N3OS2/c1-19-13-4-2-11(3-5-13)15-18-12(10-21-15)9-20-14-8-16-6-7-17-14/h2-8,10H,9H2,1H3. The lowest BCUT2D eigenvalue weighted by atomic mass is 10.2. The van der Waals surface area contributed by atoms with Crippen LogP contribution in [0.3, 0.4) is 0 Å². The minimum atomic E-state index is 0.797. The van der Waals surface area contributed by atoms with Crippen LogP contribution in [0.2, 0.25) is 0 Å². The fourth-order valence-corrected chi connectivity index (χ4v) is 3.39. The van der Waals surface area contributed by atoms with Gasteiger partial charge in [0.05, 0.1) is 19.0 Å². The van der Waals surface area contributed by atoms with Gasteiger partial charge in [0, 0.05) is 29.1 Å². The van der Waals surface area contributed by atoms with Gasteiger partial charge in [0.15, 0.2) is 0 Å². The number of benzene rings is 1. The monoisotopic (exact) mass is 315 g/mol. The average Bonchev–Trinajstić information content (AvgIpc) is 3.03. The highest BCUT2D eigenvalue weighted by atomic mass is 32.2. The number of ether oxygens (including phenoxy) is 1. The molecule has 0 atom stereocenters. The van der Waals surface area contributed by atoms with Crippen molar-refractivity contribution in [1.82, 2.24) is 15.0 Å². The van der Waals surface area contributed by atoms with Crippen molar-refractivity contribution in [3.63, 3.8) is 0 Å². The second kappa shape index (κ2) is 6.69. The Morgan fingerprint density at radius 3 is 2.76 bits per heavy atom. The quantitative estimate of drug-likeness (QED) is 0.668. The van der Waals surface area contributed by atoms with E-state index in [0.29, 0.717) is 0 Å². The molecule has 0 radical (unpaired) electrons. The summed E-state index contributed by atoms with van der Waals surface area (Å²) in [6.07, 6.45) is 5.14. The highest BCUT2D eigenvalue weighted by Gasteiger charge is 2.06. The second-order valence-corrected chi connectivity index (χ2v) is 6.06. The number of thiazole rings is 1. The van der Waals surface area contributed by atoms with Gasteiger partial charge in [-0.3, -0.25) is 4.98 Å². The molecule has 6 heteroatoms. The second-order valence-electron chi connectivity index (χ2n) is 4.20. The third kappa shape index (κ3) is 3.59. The number of hydrogen-bond acceptors (Lipinski definition) is 6. The largest absolute Gasteiger partial charge is 0.497 e. The van der Waals surface area contributed by atoms with Crippen LogP contribution in [-0.4, -0.2) is 22.1 Å². The van der Waals surface area contributed by atoms with Crippen molar-refractivity contribution in [2.45, 2.75) is 10.8 Å². The Kier molecular flexibility index (Phi) is 4.47. The average molecular weight is 315 g/mol. The van der Waals surface area contributed by atoms with Crippen LogP contribution in [-0.2, 0) is 5.75 Å². The van der Waals surface area contributed by atoms with E-state index in [0.717, 1.165) is 32.8 Å². The lowest BCUT2D eigenvalue weighted by molar-refractivity contribution is 0.415. The first-order valence-electron chi connectivity index (χ1n) is 6.33. The molecule has 106 valence electrons. The molecule has 1 aromatic carbocycles. The Morgan fingerprint density at radius 1 is 1.19 bits per heavy atom. The molecule has 0 amide bonds. The topological polar surface area (TPSA) is 47.9 Å². The number of hydrogen-bond donors (Lipinski definition) is 0. The minimum absolute atomic E-state index is 0.797. The Balaban J connectivity index is 1.68. The van der Waals surface area contributed by atoms with Crippen LogP contribution < -0.4 is 4.74 Å². The number of aromatic nitrogens is 3. The summed E-state index contributed by atoms with van der Waals surface area (Å²) in [5.74, 6) is 1.65. The van der Waals surface area contributed by atoms with Crippen LogP contribution in [0.15, 0.2) is 53.3 Å². The molecular formula is C15H13N3OS2. The summed E-state index contributed by atoms with van der Waals surface area (Å²) in [5.41, 5.74) is 2.16. The van der Waals surface area contributed by atoms with E-state index in [1.54, 1.807) is 48.8 Å². The van der Waals surface area contributed by atoms with E-state index in [4.69, 9.17) is 4.74 Å². The molecule has 0 aliphatic heterocycles. The molecule has 0 saturated carbocycles. The van der Waals surface area contributed by atoms with Gasteiger partial charge in [0.1, 0.15) is 15.8 Å². The molecule has 0 fully saturated rings. The SMILES string of the molecule is COc1ccc(-c2nc(CSc3cnccn3)cs2)cc1. The molecule has 4 nitrogen and oxygen atoms in total. The van der Waals surface area contributed by atoms with Gasteiger partial charge in [-0.1, -0.05) is 11.8 Å². The molecule has 0 saturated heterocycles. The summed E-state index contributed by atoms with van der Waals surface area (Å²) < 4.78 is 5.16. The maximum Gasteiger partial charge on any atom is 0.123 e. The van der Waals surface area contributed by atoms with Crippen molar-refractivity contribution in [3.05, 3.63) is 53.9 Å². The number of nitrogens with zero attached hydrogens (tertiary/aromatic N) is 3. The van der Waals surface area contributed by atoms with Crippen molar-refractivity contribution in [3.8, 4) is 16.3 Å². The summed E-state index contributed by atoms with van der Waals surface area (Å²) >= 11 is 3.29. The van der Waals surface area contributed by atoms with Crippen molar-refractivity contribution in [2.75, 3.05) is 7.11 Å². The Labute approximate surface area is 131 Å². The number of rotatable bonds is 5. The maximum atomic E-state index is 5.16. The van der Waals surface area contributed by atoms with Crippen LogP contribution in [0.5, 0.6) is 5.75 Å². The van der Waals surface area contributed by atoms with Gasteiger partial charge in [0.2, 0.25) is 0 Å². The van der Waals surface area contributed by atoms with Crippen LogP contribution in [0, 0.1) is 0 Å². The Hall–Kier alpha value is -1.92. The van der Waals surface area contributed by atoms with E-state index >= 15 is 0 Å². The number of methoxy groups -OCH3 is 1. The lowest BCUT2D eigenvalue weighted by Gasteiger charge is -2.00. The fourth-order valence-electron chi connectivity index (χ4n) is 1.75. The van der Waals surface area contributed by atoms with E-state index in [9.17, 15) is 0 Å². The smallest absolute Gasteiger partial charge is 0.123 e. The van der Waals surface area contributed by atoms with Crippen LogP contribution >= 0.6 is 23.1 Å². The van der Waals surface area contributed by atoms with Crippen LogP contribution in [0.4, 0.5) is 0 Å². The van der Waals surface area contributed by atoms with Crippen molar-refractivity contribution in [2.24, 2.45) is 0 Å². The zero-order chi connectivity index (χ0) is 14.5. The summed E-state index contributed by atoms with van der Waals surface area (Å²) in [6.45, 7) is 0. The molecule has 2 heterocycles. The highest BCUT2D eigenvalue weighted by molar-refractivity contribution is 7.98. The summed E-state index contributed by atoms with van der Waals surface area (Å²) in [5, 5.41) is 4.02. The molecule has 0 unspecified atom stereocenters. The predicted octanol–water partition coefficient (Wildman–Crippen LogP) is 3.90. The van der Waals surface area contributed by atoms with Crippen molar-refractivity contribution < 1.29 is 4.74 Å². The zero-order valence-electron chi connectivity index (χ0n) is 11.4. The minimum Gasteiger partial charge on any atom is -0.497 e. The molecule has 0 aliphatic carbocycles. The van der Waals surface area contributed by atoms with Gasteiger partial charge in [0.25, 0.3) is 0 Å². The molecule has 3 aromatic rings. The van der Waals surface area contributed by atoms with E-state index in [1.165, 1.54) is 0 Å². The molecular weight excluding hydrogens is 302 g/mol. The first-order chi connectivity index (χ1) is 10.3. The molecule has 3 rings (SSSR count). The van der Waals surface area contributed by atoms with E-state index in [1.807, 2.05) is 24.3 Å². The maximum absolute atomic E-state index is 5.16. The normalized spacial score (nSPS) is 10.5. The van der Waals surface area contributed by atoms with Crippen LogP contribution in [0.1, 0.15) is 5.69 Å². The van der Waals surface area contributed by atoms with E-state index in [-0.39, 0.29) is 0 Å². The summed E-state index contributed by atoms with van der Waals surface area (Å²) in [4.78, 5) is 13.0. The summed E-state index contributed by atoms with van der Waals surface area (Å²) in [6, 6.07) is 7.95. The molecule has 2 aromatic heterocycles. The van der Waals surface area contributed by atoms with Gasteiger partial charge in [-0.15, -0.1) is 11.3 Å². The van der Waals surface area contributed by atoms with Crippen molar-refractivity contribution >= 4 is 23.1 Å². The predicted molar refractivity (Wildman–Crippen MR) is 85.7 cm³/mol. The van der Waals surface area contributed by atoms with Gasteiger partial charge in [-0.2, -0.15) is 0 Å². The molecule has 0 bridgehead atoms. The lowest BCUT2D eigenvalue weighted by Crippen LogP contribution is -1.85. The van der Waals surface area contributed by atoms with E-state index in [2.05, 4.69) is 20.3 Å². The molecule has 0 spiro atoms. The first-order valence-corrected chi connectivity index (χ1v) is 8.19. The van der Waals surface area contributed by atoms with Gasteiger partial charge in [-0.25, -0.2) is 9.97 Å². The summed E-state index contributed by atoms with van der Waals surface area (Å²) in [7, 11) is 1.67. The first kappa shape index (κ1) is 14.0. The number of thioether (sulfide) groups is 1. The van der Waals surface area contributed by atoms with Gasteiger partial charge < -0.3 is 4.74 Å². The van der Waals surface area contributed by atoms with Crippen LogP contribution in [0.25, 0.3) is 10.6 Å². The third-order valence-electron chi connectivity index (χ3n) is 2.80. The van der Waals surface area contributed by atoms with E-state index < -0.39 is 0 Å².